The third kappa shape index (κ3) is 5.49. The zero-order valence-electron chi connectivity index (χ0n) is 12.0. The molecule has 0 aromatic rings. The molecule has 0 radical (unpaired) electrons. The maximum Gasteiger partial charge on any atom is 0.328 e. The summed E-state index contributed by atoms with van der Waals surface area (Å²) in [6.07, 6.45) is 1.37. The van der Waals surface area contributed by atoms with Crippen LogP contribution in [0.1, 0.15) is 40.5 Å². The molecule has 0 aliphatic heterocycles. The monoisotopic (exact) mass is 258 g/mol. The summed E-state index contributed by atoms with van der Waals surface area (Å²) in [5, 5.41) is 2.69. The van der Waals surface area contributed by atoms with Crippen LogP contribution in [0.5, 0.6) is 0 Å². The van der Waals surface area contributed by atoms with Gasteiger partial charge in [0, 0.05) is 0 Å². The second-order valence-corrected chi connectivity index (χ2v) is 5.13. The van der Waals surface area contributed by atoms with Crippen LogP contribution in [0.15, 0.2) is 0 Å². The number of esters is 1. The van der Waals surface area contributed by atoms with Crippen LogP contribution in [-0.4, -0.2) is 31.1 Å². The Balaban J connectivity index is 4.58. The fourth-order valence-corrected chi connectivity index (χ4v) is 1.67. The summed E-state index contributed by atoms with van der Waals surface area (Å²) in [6, 6.07) is -1.20. The first-order chi connectivity index (χ1) is 8.33. The summed E-state index contributed by atoms with van der Waals surface area (Å²) < 4.78 is 4.70. The summed E-state index contributed by atoms with van der Waals surface area (Å²) in [7, 11) is 1.32. The predicted octanol–water partition coefficient (Wildman–Crippen LogP) is 1.06. The molecule has 5 heteroatoms. The van der Waals surface area contributed by atoms with Crippen LogP contribution in [0.4, 0.5) is 0 Å². The molecule has 0 aromatic carbocycles. The molecule has 0 aromatic heterocycles. The highest BCUT2D eigenvalue weighted by Gasteiger charge is 2.28. The Kier molecular flexibility index (Phi) is 7.59. The van der Waals surface area contributed by atoms with Crippen molar-refractivity contribution in [2.45, 2.75) is 52.6 Å². The van der Waals surface area contributed by atoms with Crippen molar-refractivity contribution in [2.75, 3.05) is 7.11 Å². The van der Waals surface area contributed by atoms with Gasteiger partial charge in [0.15, 0.2) is 0 Å². The Morgan fingerprint density at radius 2 is 1.83 bits per heavy atom. The number of amides is 1. The van der Waals surface area contributed by atoms with Gasteiger partial charge in [-0.3, -0.25) is 4.79 Å². The largest absolute Gasteiger partial charge is 0.467 e. The van der Waals surface area contributed by atoms with E-state index >= 15 is 0 Å². The van der Waals surface area contributed by atoms with Gasteiger partial charge in [-0.25, -0.2) is 4.79 Å². The lowest BCUT2D eigenvalue weighted by Crippen LogP contribution is -2.51. The van der Waals surface area contributed by atoms with Gasteiger partial charge in [-0.15, -0.1) is 0 Å². The average molecular weight is 258 g/mol. The van der Waals surface area contributed by atoms with E-state index in [1.54, 1.807) is 0 Å². The highest BCUT2D eigenvalue weighted by molar-refractivity contribution is 5.87. The lowest BCUT2D eigenvalue weighted by atomic mass is 9.98. The molecule has 0 saturated heterocycles. The van der Waals surface area contributed by atoms with E-state index in [4.69, 9.17) is 10.5 Å². The zero-order valence-corrected chi connectivity index (χ0v) is 12.0. The van der Waals surface area contributed by atoms with Crippen LogP contribution in [-0.2, 0) is 14.3 Å². The zero-order chi connectivity index (χ0) is 14.3. The molecule has 0 aliphatic carbocycles. The van der Waals surface area contributed by atoms with Gasteiger partial charge >= 0.3 is 5.97 Å². The summed E-state index contributed by atoms with van der Waals surface area (Å²) in [5.41, 5.74) is 5.79. The van der Waals surface area contributed by atoms with Crippen molar-refractivity contribution in [1.29, 1.82) is 0 Å². The molecule has 0 heterocycles. The summed E-state index contributed by atoms with van der Waals surface area (Å²) >= 11 is 0. The second kappa shape index (κ2) is 8.08. The first kappa shape index (κ1) is 16.9. The van der Waals surface area contributed by atoms with Crippen molar-refractivity contribution < 1.29 is 14.3 Å². The molecule has 0 rings (SSSR count). The molecule has 0 spiro atoms. The number of rotatable bonds is 7. The number of hydrogen-bond donors (Lipinski definition) is 2. The normalized spacial score (nSPS) is 15.9. The summed E-state index contributed by atoms with van der Waals surface area (Å²) in [5.74, 6) is -0.354. The summed E-state index contributed by atoms with van der Waals surface area (Å²) in [6.45, 7) is 7.86. The molecule has 5 nitrogen and oxygen atoms in total. The Hall–Kier alpha value is -1.10. The van der Waals surface area contributed by atoms with Gasteiger partial charge in [-0.2, -0.15) is 0 Å². The van der Waals surface area contributed by atoms with Crippen LogP contribution < -0.4 is 11.1 Å². The van der Waals surface area contributed by atoms with Crippen LogP contribution in [0.2, 0.25) is 0 Å². The fraction of sp³-hybridized carbons (Fsp3) is 0.846. The van der Waals surface area contributed by atoms with Gasteiger partial charge in [0.05, 0.1) is 13.2 Å². The van der Waals surface area contributed by atoms with Crippen LogP contribution in [0.3, 0.4) is 0 Å². The fourth-order valence-electron chi connectivity index (χ4n) is 1.67. The van der Waals surface area contributed by atoms with E-state index in [0.29, 0.717) is 12.3 Å². The van der Waals surface area contributed by atoms with Crippen molar-refractivity contribution in [3.8, 4) is 0 Å². The standard InChI is InChI=1S/C13H26N2O3/c1-6-9(4)11(13(17)18-5)15-12(16)10(14)7-8(2)3/h8-11H,6-7,14H2,1-5H3,(H,15,16)/t9?,10-,11-/m0/s1. The van der Waals surface area contributed by atoms with E-state index in [1.165, 1.54) is 7.11 Å². The molecule has 3 N–H and O–H groups in total. The van der Waals surface area contributed by atoms with Crippen LogP contribution in [0.25, 0.3) is 0 Å². The maximum atomic E-state index is 11.9. The molecule has 3 atom stereocenters. The molecular weight excluding hydrogens is 232 g/mol. The van der Waals surface area contributed by atoms with E-state index in [2.05, 4.69) is 5.32 Å². The number of hydrogen-bond acceptors (Lipinski definition) is 4. The van der Waals surface area contributed by atoms with Crippen molar-refractivity contribution in [3.63, 3.8) is 0 Å². The number of carbonyl (C=O) groups excluding carboxylic acids is 2. The third-order valence-electron chi connectivity index (χ3n) is 3.03. The number of nitrogens with two attached hydrogens (primary N) is 1. The Bertz CT molecular complexity index is 279. The minimum Gasteiger partial charge on any atom is -0.467 e. The van der Waals surface area contributed by atoms with Gasteiger partial charge in [0.25, 0.3) is 0 Å². The third-order valence-corrected chi connectivity index (χ3v) is 3.03. The van der Waals surface area contributed by atoms with Gasteiger partial charge in [0.1, 0.15) is 6.04 Å². The minimum absolute atomic E-state index is 0.0210. The van der Waals surface area contributed by atoms with Gasteiger partial charge in [-0.1, -0.05) is 34.1 Å². The topological polar surface area (TPSA) is 81.4 Å². The first-order valence-electron chi connectivity index (χ1n) is 6.47. The van der Waals surface area contributed by atoms with E-state index in [-0.39, 0.29) is 11.8 Å². The quantitative estimate of drug-likeness (QED) is 0.669. The van der Waals surface area contributed by atoms with E-state index in [9.17, 15) is 9.59 Å². The van der Waals surface area contributed by atoms with E-state index in [1.807, 2.05) is 27.7 Å². The second-order valence-electron chi connectivity index (χ2n) is 5.13. The van der Waals surface area contributed by atoms with Gasteiger partial charge in [-0.05, 0) is 18.3 Å². The van der Waals surface area contributed by atoms with Crippen molar-refractivity contribution in [3.05, 3.63) is 0 Å². The Labute approximate surface area is 109 Å². The molecule has 0 fully saturated rings. The number of carbonyl (C=O) groups is 2. The maximum absolute atomic E-state index is 11.9. The number of ether oxygens (including phenoxy) is 1. The van der Waals surface area contributed by atoms with Crippen molar-refractivity contribution in [1.82, 2.24) is 5.32 Å². The molecular formula is C13H26N2O3. The van der Waals surface area contributed by atoms with E-state index in [0.717, 1.165) is 6.42 Å². The summed E-state index contributed by atoms with van der Waals surface area (Å²) in [4.78, 5) is 23.5. The Morgan fingerprint density at radius 3 is 2.22 bits per heavy atom. The number of nitrogens with one attached hydrogen (secondary N) is 1. The van der Waals surface area contributed by atoms with Crippen LogP contribution >= 0.6 is 0 Å². The minimum atomic E-state index is -0.620. The highest BCUT2D eigenvalue weighted by atomic mass is 16.5. The molecule has 0 saturated carbocycles. The molecule has 0 aliphatic rings. The SMILES string of the molecule is CCC(C)[C@H](NC(=O)[C@@H](N)CC(C)C)C(=O)OC. The molecule has 18 heavy (non-hydrogen) atoms. The van der Waals surface area contributed by atoms with Gasteiger partial charge in [0.2, 0.25) is 5.91 Å². The highest BCUT2D eigenvalue weighted by Crippen LogP contribution is 2.10. The Morgan fingerprint density at radius 1 is 1.28 bits per heavy atom. The lowest BCUT2D eigenvalue weighted by molar-refractivity contribution is -0.146. The molecule has 106 valence electrons. The van der Waals surface area contributed by atoms with Crippen molar-refractivity contribution in [2.24, 2.45) is 17.6 Å². The van der Waals surface area contributed by atoms with E-state index < -0.39 is 18.1 Å². The van der Waals surface area contributed by atoms with Crippen LogP contribution in [0, 0.1) is 11.8 Å². The first-order valence-corrected chi connectivity index (χ1v) is 6.47. The predicted molar refractivity (Wildman–Crippen MR) is 70.8 cm³/mol. The average Bonchev–Trinajstić information content (AvgIpc) is 2.32. The molecule has 1 amide bonds. The number of methoxy groups -OCH3 is 1. The lowest BCUT2D eigenvalue weighted by Gasteiger charge is -2.24. The molecule has 0 bridgehead atoms. The smallest absolute Gasteiger partial charge is 0.328 e. The van der Waals surface area contributed by atoms with Gasteiger partial charge < -0.3 is 15.8 Å². The van der Waals surface area contributed by atoms with Crippen molar-refractivity contribution >= 4 is 11.9 Å². The molecule has 1 unspecified atom stereocenters.